The molecule has 1 saturated heterocycles. The molecule has 0 unspecified atom stereocenters. The number of amides is 1. The maximum atomic E-state index is 12.8. The van der Waals surface area contributed by atoms with Gasteiger partial charge in [-0.05, 0) is 82.0 Å². The van der Waals surface area contributed by atoms with E-state index in [1.54, 1.807) is 7.11 Å². The Bertz CT molecular complexity index is 817. The van der Waals surface area contributed by atoms with Crippen LogP contribution >= 0.6 is 0 Å². The maximum absolute atomic E-state index is 12.8. The Morgan fingerprint density at radius 3 is 2.55 bits per heavy atom. The second-order valence-corrected chi connectivity index (χ2v) is 7.93. The molecule has 3 rings (SSSR count). The minimum Gasteiger partial charge on any atom is -0.493 e. The molecular weight excluding hydrogens is 364 g/mol. The van der Waals surface area contributed by atoms with Gasteiger partial charge in [0, 0.05) is 30.4 Å². The van der Waals surface area contributed by atoms with Crippen LogP contribution in [-0.2, 0) is 6.54 Å². The number of anilines is 1. The summed E-state index contributed by atoms with van der Waals surface area (Å²) >= 11 is 0. The zero-order valence-electron chi connectivity index (χ0n) is 17.9. The topological polar surface area (TPSA) is 50.8 Å². The second kappa shape index (κ2) is 9.68. The first-order valence-electron chi connectivity index (χ1n) is 10.5. The van der Waals surface area contributed by atoms with Crippen molar-refractivity contribution in [3.8, 4) is 11.5 Å². The monoisotopic (exact) mass is 396 g/mol. The summed E-state index contributed by atoms with van der Waals surface area (Å²) in [5.74, 6) is 1.62. The van der Waals surface area contributed by atoms with Crippen LogP contribution in [-0.4, -0.2) is 36.6 Å². The number of carbonyl (C=O) groups is 1. The molecule has 0 saturated carbocycles. The largest absolute Gasteiger partial charge is 0.493 e. The molecule has 5 heteroatoms. The predicted molar refractivity (Wildman–Crippen MR) is 117 cm³/mol. The highest BCUT2D eigenvalue weighted by atomic mass is 16.5. The smallest absolute Gasteiger partial charge is 0.254 e. The number of ether oxygens (including phenoxy) is 2. The molecule has 156 valence electrons. The number of piperidine rings is 1. The van der Waals surface area contributed by atoms with Crippen molar-refractivity contribution in [2.24, 2.45) is 0 Å². The molecule has 0 radical (unpaired) electrons. The van der Waals surface area contributed by atoms with E-state index in [1.807, 2.05) is 61.2 Å². The number of rotatable bonds is 7. The summed E-state index contributed by atoms with van der Waals surface area (Å²) in [7, 11) is 1.65. The lowest BCUT2D eigenvalue weighted by molar-refractivity contribution is 0.0635. The summed E-state index contributed by atoms with van der Waals surface area (Å²) < 4.78 is 11.2. The molecule has 2 aromatic rings. The molecule has 0 bridgehead atoms. The zero-order chi connectivity index (χ0) is 20.8. The third-order valence-corrected chi connectivity index (χ3v) is 5.28. The molecular formula is C24H32N2O3. The van der Waals surface area contributed by atoms with E-state index >= 15 is 0 Å². The normalized spacial score (nSPS) is 16.6. The molecule has 2 aromatic carbocycles. The van der Waals surface area contributed by atoms with Crippen molar-refractivity contribution in [1.82, 2.24) is 4.90 Å². The van der Waals surface area contributed by atoms with Crippen LogP contribution in [0.4, 0.5) is 5.69 Å². The average molecular weight is 397 g/mol. The van der Waals surface area contributed by atoms with Crippen LogP contribution in [0.15, 0.2) is 42.5 Å². The Kier molecular flexibility index (Phi) is 7.02. The van der Waals surface area contributed by atoms with Crippen molar-refractivity contribution in [2.75, 3.05) is 19.0 Å². The van der Waals surface area contributed by atoms with Crippen molar-refractivity contribution in [3.05, 3.63) is 53.6 Å². The molecule has 5 nitrogen and oxygen atoms in total. The predicted octanol–water partition coefficient (Wildman–Crippen LogP) is 5.11. The van der Waals surface area contributed by atoms with Gasteiger partial charge in [-0.1, -0.05) is 6.07 Å². The summed E-state index contributed by atoms with van der Waals surface area (Å²) in [5.41, 5.74) is 2.83. The first kappa shape index (κ1) is 21.0. The molecule has 0 spiro atoms. The quantitative estimate of drug-likeness (QED) is 0.707. The van der Waals surface area contributed by atoms with Crippen molar-refractivity contribution in [2.45, 2.75) is 58.7 Å². The first-order valence-corrected chi connectivity index (χ1v) is 10.5. The highest BCUT2D eigenvalue weighted by Gasteiger charge is 2.23. The molecule has 1 amide bonds. The molecule has 1 N–H and O–H groups in total. The highest BCUT2D eigenvalue weighted by molar-refractivity contribution is 5.94. The maximum Gasteiger partial charge on any atom is 0.254 e. The lowest BCUT2D eigenvalue weighted by Crippen LogP contribution is -2.41. The van der Waals surface area contributed by atoms with E-state index in [0.29, 0.717) is 12.6 Å². The van der Waals surface area contributed by atoms with Gasteiger partial charge in [0.05, 0.1) is 13.2 Å². The van der Waals surface area contributed by atoms with Crippen LogP contribution in [0.2, 0.25) is 0 Å². The Morgan fingerprint density at radius 1 is 1.14 bits per heavy atom. The van der Waals surface area contributed by atoms with E-state index in [1.165, 1.54) is 6.42 Å². The minimum absolute atomic E-state index is 0.0991. The SMILES string of the molecule is COc1cc(CNc2ccc(C(=O)N3CCCC[C@@H]3C)cc2)ccc1OC(C)C. The van der Waals surface area contributed by atoms with Crippen molar-refractivity contribution < 1.29 is 14.3 Å². The number of nitrogens with one attached hydrogen (secondary N) is 1. The third-order valence-electron chi connectivity index (χ3n) is 5.28. The number of carbonyl (C=O) groups excluding carboxylic acids is 1. The number of likely N-dealkylation sites (tertiary alicyclic amines) is 1. The van der Waals surface area contributed by atoms with E-state index < -0.39 is 0 Å². The molecule has 0 aromatic heterocycles. The molecule has 1 aliphatic heterocycles. The highest BCUT2D eigenvalue weighted by Crippen LogP contribution is 2.29. The van der Waals surface area contributed by atoms with Gasteiger partial charge in [0.15, 0.2) is 11.5 Å². The van der Waals surface area contributed by atoms with E-state index in [2.05, 4.69) is 12.2 Å². The molecule has 1 fully saturated rings. The van der Waals surface area contributed by atoms with Crippen molar-refractivity contribution >= 4 is 11.6 Å². The fraction of sp³-hybridized carbons (Fsp3) is 0.458. The average Bonchev–Trinajstić information content (AvgIpc) is 2.73. The van der Waals surface area contributed by atoms with E-state index in [4.69, 9.17) is 9.47 Å². The van der Waals surface area contributed by atoms with Gasteiger partial charge in [-0.25, -0.2) is 0 Å². The number of nitrogens with zero attached hydrogens (tertiary/aromatic N) is 1. The summed E-state index contributed by atoms with van der Waals surface area (Å²) in [5, 5.41) is 3.41. The van der Waals surface area contributed by atoms with Gasteiger partial charge in [-0.15, -0.1) is 0 Å². The van der Waals surface area contributed by atoms with Crippen LogP contribution in [0.5, 0.6) is 11.5 Å². The van der Waals surface area contributed by atoms with E-state index in [-0.39, 0.29) is 12.0 Å². The Morgan fingerprint density at radius 2 is 1.90 bits per heavy atom. The van der Waals surface area contributed by atoms with Crippen LogP contribution in [0, 0.1) is 0 Å². The van der Waals surface area contributed by atoms with Gasteiger partial charge in [-0.3, -0.25) is 4.79 Å². The molecule has 1 atom stereocenters. The number of hydrogen-bond acceptors (Lipinski definition) is 4. The van der Waals surface area contributed by atoms with Gasteiger partial charge >= 0.3 is 0 Å². The second-order valence-electron chi connectivity index (χ2n) is 7.93. The first-order chi connectivity index (χ1) is 14.0. The minimum atomic E-state index is 0.0991. The van der Waals surface area contributed by atoms with Gasteiger partial charge in [0.1, 0.15) is 0 Å². The van der Waals surface area contributed by atoms with Crippen LogP contribution in [0.25, 0.3) is 0 Å². The Balaban J connectivity index is 1.61. The fourth-order valence-corrected chi connectivity index (χ4v) is 3.67. The lowest BCUT2D eigenvalue weighted by atomic mass is 10.0. The number of methoxy groups -OCH3 is 1. The molecule has 1 heterocycles. The summed E-state index contributed by atoms with van der Waals surface area (Å²) in [4.78, 5) is 14.8. The van der Waals surface area contributed by atoms with Gasteiger partial charge in [0.25, 0.3) is 5.91 Å². The fourth-order valence-electron chi connectivity index (χ4n) is 3.67. The summed E-state index contributed by atoms with van der Waals surface area (Å²) in [6, 6.07) is 14.0. The standard InChI is InChI=1S/C24H32N2O3/c1-17(2)29-22-13-8-19(15-23(22)28-4)16-25-21-11-9-20(10-12-21)24(27)26-14-6-5-7-18(26)3/h8-13,15,17-18,25H,5-7,14,16H2,1-4H3/t18-/m0/s1. The molecule has 1 aliphatic rings. The van der Waals surface area contributed by atoms with Crippen LogP contribution in [0.3, 0.4) is 0 Å². The third kappa shape index (κ3) is 5.43. The number of benzene rings is 2. The lowest BCUT2D eigenvalue weighted by Gasteiger charge is -2.33. The zero-order valence-corrected chi connectivity index (χ0v) is 17.9. The van der Waals surface area contributed by atoms with Crippen LogP contribution in [0.1, 0.15) is 56.0 Å². The summed E-state index contributed by atoms with van der Waals surface area (Å²) in [6.45, 7) is 7.65. The van der Waals surface area contributed by atoms with E-state index in [9.17, 15) is 4.79 Å². The summed E-state index contributed by atoms with van der Waals surface area (Å²) in [6.07, 6.45) is 3.50. The van der Waals surface area contributed by atoms with Crippen molar-refractivity contribution in [1.29, 1.82) is 0 Å². The molecule has 0 aliphatic carbocycles. The number of hydrogen-bond donors (Lipinski definition) is 1. The van der Waals surface area contributed by atoms with Gasteiger partial charge in [0.2, 0.25) is 0 Å². The van der Waals surface area contributed by atoms with Crippen molar-refractivity contribution in [3.63, 3.8) is 0 Å². The Labute approximate surface area is 174 Å². The van der Waals surface area contributed by atoms with Gasteiger partial charge < -0.3 is 19.7 Å². The van der Waals surface area contributed by atoms with E-state index in [0.717, 1.165) is 47.7 Å². The van der Waals surface area contributed by atoms with Gasteiger partial charge in [-0.2, -0.15) is 0 Å². The molecule has 29 heavy (non-hydrogen) atoms. The Hall–Kier alpha value is -2.69. The van der Waals surface area contributed by atoms with Crippen LogP contribution < -0.4 is 14.8 Å².